The van der Waals surface area contributed by atoms with Crippen molar-refractivity contribution in [2.24, 2.45) is 0 Å². The van der Waals surface area contributed by atoms with Crippen LogP contribution in [0.25, 0.3) is 84.6 Å². The largest absolute Gasteiger partial charge is 0.456 e. The van der Waals surface area contributed by atoms with E-state index in [-0.39, 0.29) is 12.0 Å². The van der Waals surface area contributed by atoms with Crippen LogP contribution in [0.4, 0.5) is 11.4 Å². The average molecular weight is 795 g/mol. The van der Waals surface area contributed by atoms with Gasteiger partial charge in [-0.05, 0) is 69.3 Å². The minimum Gasteiger partial charge on any atom is -0.456 e. The topological polar surface area (TPSA) is 55.1 Å². The SMILES string of the molecule is C1=CC2C(c3ccccc3N2c2ccccc2)c2c1oc1cc(-c3ccc(-c4nc(-c5ccc(-c6ccccc6)cc5)nc(-c5ccc(-c6ccccc6)cc5)n4)cc3)ccc21. The van der Waals surface area contributed by atoms with Crippen LogP contribution in [-0.2, 0) is 0 Å². The van der Waals surface area contributed by atoms with Gasteiger partial charge in [0.05, 0.1) is 6.04 Å². The van der Waals surface area contributed by atoms with Crippen molar-refractivity contribution in [3.05, 3.63) is 229 Å². The van der Waals surface area contributed by atoms with E-state index in [4.69, 9.17) is 19.4 Å². The van der Waals surface area contributed by atoms with Crippen LogP contribution < -0.4 is 4.90 Å². The van der Waals surface area contributed by atoms with Gasteiger partial charge in [0.2, 0.25) is 0 Å². The maximum atomic E-state index is 6.65. The maximum absolute atomic E-state index is 6.65. The second-order valence-corrected chi connectivity index (χ2v) is 16.0. The fraction of sp³-hybridized carbons (Fsp3) is 0.0351. The molecule has 2 atom stereocenters. The van der Waals surface area contributed by atoms with E-state index in [9.17, 15) is 0 Å². The standard InChI is InChI=1S/C57H38N4O/c1-4-12-37(13-5-1)39-20-26-42(27-21-39)55-58-56(43-28-22-40(23-29-43)38-14-6-2-7-15-38)60-57(59-55)44-30-24-41(25-31-44)45-32-33-48-52(36-45)62-51-35-34-50-53(54(48)51)47-18-10-11-19-49(47)61(50)46-16-8-3-9-17-46/h1-36,50,53H. The first-order chi connectivity index (χ1) is 30.7. The molecule has 12 rings (SSSR count). The highest BCUT2D eigenvalue weighted by Crippen LogP contribution is 2.53. The lowest BCUT2D eigenvalue weighted by Crippen LogP contribution is -2.30. The fourth-order valence-electron chi connectivity index (χ4n) is 9.29. The number of hydrogen-bond donors (Lipinski definition) is 0. The van der Waals surface area contributed by atoms with Gasteiger partial charge in [-0.1, -0.05) is 188 Å². The minimum absolute atomic E-state index is 0.161. The van der Waals surface area contributed by atoms with Crippen LogP contribution in [0.1, 0.15) is 22.8 Å². The summed E-state index contributed by atoms with van der Waals surface area (Å²) in [4.78, 5) is 17.6. The van der Waals surface area contributed by atoms with Crippen LogP contribution in [0.2, 0.25) is 0 Å². The highest BCUT2D eigenvalue weighted by Gasteiger charge is 2.43. The van der Waals surface area contributed by atoms with Crippen molar-refractivity contribution in [3.63, 3.8) is 0 Å². The van der Waals surface area contributed by atoms with Crippen molar-refractivity contribution in [2.75, 3.05) is 4.90 Å². The summed E-state index contributed by atoms with van der Waals surface area (Å²) in [5.74, 6) is 2.97. The molecular weight excluding hydrogens is 757 g/mol. The van der Waals surface area contributed by atoms with Crippen LogP contribution in [0.5, 0.6) is 0 Å². The Morgan fingerprint density at radius 2 is 0.839 bits per heavy atom. The van der Waals surface area contributed by atoms with Crippen molar-refractivity contribution in [1.29, 1.82) is 0 Å². The number of nitrogens with zero attached hydrogens (tertiary/aromatic N) is 4. The van der Waals surface area contributed by atoms with E-state index in [0.717, 1.165) is 55.7 Å². The van der Waals surface area contributed by atoms with Crippen molar-refractivity contribution in [2.45, 2.75) is 12.0 Å². The summed E-state index contributed by atoms with van der Waals surface area (Å²) in [6.45, 7) is 0. The van der Waals surface area contributed by atoms with E-state index < -0.39 is 0 Å². The van der Waals surface area contributed by atoms with Crippen LogP contribution >= 0.6 is 0 Å². The third kappa shape index (κ3) is 6.22. The highest BCUT2D eigenvalue weighted by molar-refractivity contribution is 5.93. The molecule has 10 aromatic rings. The van der Waals surface area contributed by atoms with Crippen molar-refractivity contribution in [3.8, 4) is 67.5 Å². The molecule has 2 aromatic heterocycles. The Morgan fingerprint density at radius 1 is 0.403 bits per heavy atom. The molecule has 292 valence electrons. The van der Waals surface area contributed by atoms with E-state index >= 15 is 0 Å². The fourth-order valence-corrected chi connectivity index (χ4v) is 9.29. The molecule has 1 aliphatic heterocycles. The molecule has 0 saturated carbocycles. The molecule has 0 bridgehead atoms. The number of benzene rings is 8. The molecule has 0 amide bonds. The Balaban J connectivity index is 0.884. The molecule has 3 heterocycles. The van der Waals surface area contributed by atoms with Gasteiger partial charge in [0.1, 0.15) is 11.3 Å². The number of aromatic nitrogens is 3. The van der Waals surface area contributed by atoms with Gasteiger partial charge in [-0.25, -0.2) is 15.0 Å². The second-order valence-electron chi connectivity index (χ2n) is 16.0. The van der Waals surface area contributed by atoms with Crippen molar-refractivity contribution in [1.82, 2.24) is 15.0 Å². The number of furan rings is 1. The Labute approximate surface area is 360 Å². The molecule has 2 aliphatic rings. The second kappa shape index (κ2) is 14.8. The summed E-state index contributed by atoms with van der Waals surface area (Å²) < 4.78 is 6.65. The first kappa shape index (κ1) is 35.8. The van der Waals surface area contributed by atoms with Crippen LogP contribution in [0.3, 0.4) is 0 Å². The van der Waals surface area contributed by atoms with Gasteiger partial charge in [-0.3, -0.25) is 0 Å². The monoisotopic (exact) mass is 794 g/mol. The number of hydrogen-bond acceptors (Lipinski definition) is 5. The smallest absolute Gasteiger partial charge is 0.164 e. The highest BCUT2D eigenvalue weighted by atomic mass is 16.3. The van der Waals surface area contributed by atoms with Gasteiger partial charge < -0.3 is 9.32 Å². The van der Waals surface area contributed by atoms with E-state index in [2.05, 4.69) is 211 Å². The predicted molar refractivity (Wildman–Crippen MR) is 252 cm³/mol. The number of fused-ring (bicyclic) bond motifs is 7. The molecule has 2 unspecified atom stereocenters. The Hall–Kier alpha value is -8.15. The van der Waals surface area contributed by atoms with Crippen LogP contribution in [-0.4, -0.2) is 21.0 Å². The molecule has 0 fully saturated rings. The Bertz CT molecular complexity index is 3170. The third-order valence-corrected chi connectivity index (χ3v) is 12.3. The molecule has 0 saturated heterocycles. The summed E-state index contributed by atoms with van der Waals surface area (Å²) in [7, 11) is 0. The number of anilines is 2. The molecule has 0 N–H and O–H groups in total. The lowest BCUT2D eigenvalue weighted by Gasteiger charge is -2.30. The van der Waals surface area contributed by atoms with Crippen molar-refractivity contribution < 1.29 is 4.42 Å². The number of para-hydroxylation sites is 2. The summed E-state index contributed by atoms with van der Waals surface area (Å²) in [5.41, 5.74) is 15.5. The maximum Gasteiger partial charge on any atom is 0.164 e. The van der Waals surface area contributed by atoms with Crippen LogP contribution in [0, 0.1) is 0 Å². The van der Waals surface area contributed by atoms with Gasteiger partial charge in [0.15, 0.2) is 17.5 Å². The van der Waals surface area contributed by atoms with Gasteiger partial charge in [0.25, 0.3) is 0 Å². The molecular formula is C57H38N4O. The molecule has 62 heavy (non-hydrogen) atoms. The van der Waals surface area contributed by atoms with Crippen LogP contribution in [0.15, 0.2) is 217 Å². The van der Waals surface area contributed by atoms with E-state index in [1.807, 2.05) is 12.1 Å². The zero-order valence-corrected chi connectivity index (χ0v) is 33.6. The lowest BCUT2D eigenvalue weighted by molar-refractivity contribution is 0.584. The van der Waals surface area contributed by atoms with E-state index in [0.29, 0.717) is 17.5 Å². The predicted octanol–water partition coefficient (Wildman–Crippen LogP) is 14.3. The summed E-state index contributed by atoms with van der Waals surface area (Å²) in [6.07, 6.45) is 4.47. The molecule has 0 radical (unpaired) electrons. The normalized spacial score (nSPS) is 15.0. The third-order valence-electron chi connectivity index (χ3n) is 12.3. The summed E-state index contributed by atoms with van der Waals surface area (Å²) >= 11 is 0. The van der Waals surface area contributed by atoms with Crippen molar-refractivity contribution >= 4 is 28.4 Å². The lowest BCUT2D eigenvalue weighted by atomic mass is 9.82. The van der Waals surface area contributed by atoms with Gasteiger partial charge in [0, 0.05) is 44.9 Å². The summed E-state index contributed by atoms with van der Waals surface area (Å²) in [6, 6.07) is 72.5. The van der Waals surface area contributed by atoms with Gasteiger partial charge in [-0.2, -0.15) is 0 Å². The zero-order valence-electron chi connectivity index (χ0n) is 33.6. The quantitative estimate of drug-likeness (QED) is 0.161. The first-order valence-electron chi connectivity index (χ1n) is 21.1. The Morgan fingerprint density at radius 3 is 1.39 bits per heavy atom. The molecule has 5 heteroatoms. The molecule has 8 aromatic carbocycles. The molecule has 5 nitrogen and oxygen atoms in total. The molecule has 0 spiro atoms. The molecule has 1 aliphatic carbocycles. The van der Waals surface area contributed by atoms with Gasteiger partial charge >= 0.3 is 0 Å². The van der Waals surface area contributed by atoms with E-state index in [1.54, 1.807) is 0 Å². The zero-order chi connectivity index (χ0) is 41.0. The Kier molecular flexibility index (Phi) is 8.56. The van der Waals surface area contributed by atoms with E-state index in [1.165, 1.54) is 33.6 Å². The number of rotatable bonds is 7. The average Bonchev–Trinajstić information content (AvgIpc) is 3.90. The van der Waals surface area contributed by atoms with Gasteiger partial charge in [-0.15, -0.1) is 0 Å². The minimum atomic E-state index is 0.161. The first-order valence-corrected chi connectivity index (χ1v) is 21.1. The summed E-state index contributed by atoms with van der Waals surface area (Å²) in [5, 5.41) is 1.16.